The summed E-state index contributed by atoms with van der Waals surface area (Å²) in [5, 5.41) is 18.8. The Kier molecular flexibility index (Phi) is 2.40. The van der Waals surface area contributed by atoms with Gasteiger partial charge in [0.25, 0.3) is 0 Å². The summed E-state index contributed by atoms with van der Waals surface area (Å²) >= 11 is 0. The van der Waals surface area contributed by atoms with Crippen molar-refractivity contribution in [1.29, 1.82) is 0 Å². The lowest BCUT2D eigenvalue weighted by Crippen LogP contribution is -1.94. The number of nitrogens with one attached hydrogen (secondary N) is 1. The van der Waals surface area contributed by atoms with Crippen LogP contribution < -0.4 is 0 Å². The number of aliphatic hydroxyl groups is 1. The molecule has 1 atom stereocenters. The second kappa shape index (κ2) is 3.61. The molecule has 1 unspecified atom stereocenters. The number of hydrogen-bond donors (Lipinski definition) is 3. The number of aromatic nitrogens is 1. The number of carboxylic acids is 1. The van der Waals surface area contributed by atoms with Gasteiger partial charge < -0.3 is 15.2 Å². The highest BCUT2D eigenvalue weighted by atomic mass is 19.1. The fourth-order valence-electron chi connectivity index (χ4n) is 1.69. The molecule has 84 valence electrons. The molecule has 3 N–H and O–H groups in total. The number of rotatable bonds is 2. The van der Waals surface area contributed by atoms with Crippen LogP contribution in [-0.4, -0.2) is 21.2 Å². The minimum Gasteiger partial charge on any atom is -0.477 e. The number of carbonyl (C=O) groups is 1. The first-order valence-electron chi connectivity index (χ1n) is 4.72. The molecular formula is C11H10FNO3. The summed E-state index contributed by atoms with van der Waals surface area (Å²) < 4.78 is 13.2. The molecular weight excluding hydrogens is 213 g/mol. The van der Waals surface area contributed by atoms with Gasteiger partial charge in [0.2, 0.25) is 0 Å². The number of carboxylic acid groups (broad SMARTS) is 1. The number of aromatic amines is 1. The summed E-state index contributed by atoms with van der Waals surface area (Å²) in [5.74, 6) is -1.63. The zero-order chi connectivity index (χ0) is 11.9. The molecule has 5 heteroatoms. The van der Waals surface area contributed by atoms with E-state index in [-0.39, 0.29) is 5.69 Å². The van der Waals surface area contributed by atoms with Gasteiger partial charge in [-0.25, -0.2) is 9.18 Å². The van der Waals surface area contributed by atoms with E-state index in [0.29, 0.717) is 16.5 Å². The van der Waals surface area contributed by atoms with Crippen LogP contribution in [0.1, 0.15) is 29.1 Å². The predicted octanol–water partition coefficient (Wildman–Crippen LogP) is 2.06. The quantitative estimate of drug-likeness (QED) is 0.729. The second-order valence-electron chi connectivity index (χ2n) is 3.62. The first-order chi connectivity index (χ1) is 7.49. The molecule has 1 heterocycles. The average Bonchev–Trinajstić information content (AvgIpc) is 2.59. The van der Waals surface area contributed by atoms with Gasteiger partial charge in [0.1, 0.15) is 11.5 Å². The highest BCUT2D eigenvalue weighted by molar-refractivity contribution is 5.95. The van der Waals surface area contributed by atoms with E-state index in [1.54, 1.807) is 0 Å². The van der Waals surface area contributed by atoms with Crippen molar-refractivity contribution in [2.45, 2.75) is 13.0 Å². The third kappa shape index (κ3) is 1.65. The summed E-state index contributed by atoms with van der Waals surface area (Å²) in [6.07, 6.45) is -0.851. The van der Waals surface area contributed by atoms with Gasteiger partial charge in [-0.1, -0.05) is 0 Å². The van der Waals surface area contributed by atoms with E-state index in [1.807, 2.05) is 0 Å². The molecule has 0 aliphatic carbocycles. The van der Waals surface area contributed by atoms with Crippen molar-refractivity contribution in [2.24, 2.45) is 0 Å². The molecule has 0 radical (unpaired) electrons. The number of aromatic carboxylic acids is 1. The monoisotopic (exact) mass is 223 g/mol. The Bertz CT molecular complexity index is 560. The van der Waals surface area contributed by atoms with Gasteiger partial charge in [-0.3, -0.25) is 0 Å². The maximum absolute atomic E-state index is 13.2. The van der Waals surface area contributed by atoms with Gasteiger partial charge in [0.05, 0.1) is 6.10 Å². The van der Waals surface area contributed by atoms with Crippen molar-refractivity contribution in [1.82, 2.24) is 4.98 Å². The molecule has 1 aromatic heterocycles. The molecule has 0 saturated heterocycles. The standard InChI is InChI=1S/C11H10FNO3/c1-5(14)7-2-6(12)3-9-8(7)4-10(13-9)11(15)16/h2-5,13-14H,1H3,(H,15,16). The number of fused-ring (bicyclic) bond motifs is 1. The number of halogens is 1. The van der Waals surface area contributed by atoms with Crippen molar-refractivity contribution >= 4 is 16.9 Å². The fraction of sp³-hybridized carbons (Fsp3) is 0.182. The van der Waals surface area contributed by atoms with Gasteiger partial charge in [-0.2, -0.15) is 0 Å². The van der Waals surface area contributed by atoms with E-state index in [2.05, 4.69) is 4.98 Å². The largest absolute Gasteiger partial charge is 0.477 e. The van der Waals surface area contributed by atoms with E-state index >= 15 is 0 Å². The lowest BCUT2D eigenvalue weighted by Gasteiger charge is -2.06. The Balaban J connectivity index is 2.75. The normalized spacial score (nSPS) is 12.9. The molecule has 1 aromatic carbocycles. The average molecular weight is 223 g/mol. The van der Waals surface area contributed by atoms with Gasteiger partial charge in [-0.15, -0.1) is 0 Å². The van der Waals surface area contributed by atoms with Crippen molar-refractivity contribution < 1.29 is 19.4 Å². The van der Waals surface area contributed by atoms with Crippen LogP contribution in [0, 0.1) is 5.82 Å². The van der Waals surface area contributed by atoms with E-state index in [4.69, 9.17) is 5.11 Å². The number of H-pyrrole nitrogens is 1. The molecule has 0 saturated carbocycles. The maximum Gasteiger partial charge on any atom is 0.352 e. The van der Waals surface area contributed by atoms with Gasteiger partial charge in [-0.05, 0) is 30.7 Å². The van der Waals surface area contributed by atoms with Crippen LogP contribution in [0.25, 0.3) is 10.9 Å². The first kappa shape index (κ1) is 10.6. The molecule has 2 aromatic rings. The molecule has 0 aliphatic rings. The maximum atomic E-state index is 13.2. The van der Waals surface area contributed by atoms with E-state index in [9.17, 15) is 14.3 Å². The fourth-order valence-corrected chi connectivity index (χ4v) is 1.69. The van der Waals surface area contributed by atoms with Crippen LogP contribution in [0.3, 0.4) is 0 Å². The van der Waals surface area contributed by atoms with Crippen LogP contribution >= 0.6 is 0 Å². The molecule has 2 rings (SSSR count). The lowest BCUT2D eigenvalue weighted by atomic mass is 10.1. The topological polar surface area (TPSA) is 73.3 Å². The number of benzene rings is 1. The third-order valence-electron chi connectivity index (χ3n) is 2.42. The molecule has 16 heavy (non-hydrogen) atoms. The highest BCUT2D eigenvalue weighted by Crippen LogP contribution is 2.26. The van der Waals surface area contributed by atoms with E-state index < -0.39 is 17.9 Å². The van der Waals surface area contributed by atoms with Crippen LogP contribution in [0.4, 0.5) is 4.39 Å². The Morgan fingerprint density at radius 2 is 2.12 bits per heavy atom. The van der Waals surface area contributed by atoms with Crippen LogP contribution in [0.2, 0.25) is 0 Å². The zero-order valence-corrected chi connectivity index (χ0v) is 8.49. The summed E-state index contributed by atoms with van der Waals surface area (Å²) in [4.78, 5) is 13.3. The lowest BCUT2D eigenvalue weighted by molar-refractivity contribution is 0.0691. The molecule has 0 amide bonds. The van der Waals surface area contributed by atoms with Crippen molar-refractivity contribution in [3.63, 3.8) is 0 Å². The Labute approximate surface area is 90.3 Å². The van der Waals surface area contributed by atoms with Crippen LogP contribution in [0.5, 0.6) is 0 Å². The van der Waals surface area contributed by atoms with E-state index in [1.165, 1.54) is 25.1 Å². The Morgan fingerprint density at radius 3 is 2.69 bits per heavy atom. The molecule has 4 nitrogen and oxygen atoms in total. The summed E-state index contributed by atoms with van der Waals surface area (Å²) in [6, 6.07) is 3.79. The summed E-state index contributed by atoms with van der Waals surface area (Å²) in [6.45, 7) is 1.50. The number of aliphatic hydroxyl groups excluding tert-OH is 1. The molecule has 0 fully saturated rings. The Morgan fingerprint density at radius 1 is 1.44 bits per heavy atom. The second-order valence-corrected chi connectivity index (χ2v) is 3.62. The molecule has 0 spiro atoms. The first-order valence-corrected chi connectivity index (χ1v) is 4.72. The predicted molar refractivity (Wildman–Crippen MR) is 55.8 cm³/mol. The summed E-state index contributed by atoms with van der Waals surface area (Å²) in [7, 11) is 0. The number of hydrogen-bond acceptors (Lipinski definition) is 2. The Hall–Kier alpha value is -1.88. The molecule has 0 aliphatic heterocycles. The van der Waals surface area contributed by atoms with Gasteiger partial charge >= 0.3 is 5.97 Å². The smallest absolute Gasteiger partial charge is 0.352 e. The minimum atomic E-state index is -1.12. The molecule has 0 bridgehead atoms. The van der Waals surface area contributed by atoms with Crippen LogP contribution in [0.15, 0.2) is 18.2 Å². The summed E-state index contributed by atoms with van der Waals surface area (Å²) in [5.41, 5.74) is 0.717. The van der Waals surface area contributed by atoms with Crippen molar-refractivity contribution in [3.05, 3.63) is 35.3 Å². The van der Waals surface area contributed by atoms with Crippen LogP contribution in [-0.2, 0) is 0 Å². The SMILES string of the molecule is CC(O)c1cc(F)cc2[nH]c(C(=O)O)cc12. The van der Waals surface area contributed by atoms with Crippen molar-refractivity contribution in [3.8, 4) is 0 Å². The minimum absolute atomic E-state index is 0.0255. The van der Waals surface area contributed by atoms with E-state index in [0.717, 1.165) is 0 Å². The van der Waals surface area contributed by atoms with Gasteiger partial charge in [0.15, 0.2) is 0 Å². The van der Waals surface area contributed by atoms with Gasteiger partial charge in [0, 0.05) is 10.9 Å². The van der Waals surface area contributed by atoms with Crippen molar-refractivity contribution in [2.75, 3.05) is 0 Å². The highest BCUT2D eigenvalue weighted by Gasteiger charge is 2.14. The third-order valence-corrected chi connectivity index (χ3v) is 2.42. The zero-order valence-electron chi connectivity index (χ0n) is 8.49.